The van der Waals surface area contributed by atoms with Crippen LogP contribution in [0.1, 0.15) is 0 Å². The Morgan fingerprint density at radius 2 is 2.30 bits per heavy atom. The van der Waals surface area contributed by atoms with Crippen LogP contribution < -0.4 is 5.73 Å². The molecule has 1 rings (SSSR count). The van der Waals surface area contributed by atoms with Gasteiger partial charge in [0.15, 0.2) is 5.82 Å². The SMILES string of the molecule is Nc1c(Br)ncc(I)c1F. The number of pyridine rings is 1. The fraction of sp³-hybridized carbons (Fsp3) is 0. The largest absolute Gasteiger partial charge is 0.394 e. The lowest BCUT2D eigenvalue weighted by Crippen LogP contribution is -1.96. The fourth-order valence-corrected chi connectivity index (χ4v) is 1.17. The number of nitrogen functional groups attached to an aromatic ring is 1. The molecule has 1 aromatic rings. The Morgan fingerprint density at radius 3 is 2.80 bits per heavy atom. The van der Waals surface area contributed by atoms with Crippen LogP contribution in [0.2, 0.25) is 0 Å². The molecule has 0 aliphatic carbocycles. The predicted octanol–water partition coefficient (Wildman–Crippen LogP) is 2.17. The zero-order valence-electron chi connectivity index (χ0n) is 4.74. The lowest BCUT2D eigenvalue weighted by molar-refractivity contribution is 0.621. The van der Waals surface area contributed by atoms with Gasteiger partial charge >= 0.3 is 0 Å². The van der Waals surface area contributed by atoms with Gasteiger partial charge in [-0.1, -0.05) is 0 Å². The molecule has 10 heavy (non-hydrogen) atoms. The smallest absolute Gasteiger partial charge is 0.163 e. The Labute approximate surface area is 79.3 Å². The Morgan fingerprint density at radius 1 is 1.70 bits per heavy atom. The van der Waals surface area contributed by atoms with Crippen molar-refractivity contribution in [3.63, 3.8) is 0 Å². The molecule has 0 atom stereocenters. The lowest BCUT2D eigenvalue weighted by atomic mass is 10.4. The minimum Gasteiger partial charge on any atom is -0.394 e. The van der Waals surface area contributed by atoms with Gasteiger partial charge in [0.2, 0.25) is 0 Å². The third kappa shape index (κ3) is 1.39. The first kappa shape index (κ1) is 8.19. The molecule has 5 heteroatoms. The average Bonchev–Trinajstić information content (AvgIpc) is 1.93. The number of nitrogens with two attached hydrogens (primary N) is 1. The van der Waals surface area contributed by atoms with Gasteiger partial charge in [-0.2, -0.15) is 0 Å². The van der Waals surface area contributed by atoms with E-state index in [-0.39, 0.29) is 5.69 Å². The van der Waals surface area contributed by atoms with E-state index < -0.39 is 5.82 Å². The molecule has 0 radical (unpaired) electrons. The van der Waals surface area contributed by atoms with Crippen molar-refractivity contribution in [3.05, 3.63) is 20.2 Å². The Balaban J connectivity index is 3.34. The Hall–Kier alpha value is 0.0900. The van der Waals surface area contributed by atoms with E-state index in [0.717, 1.165) is 0 Å². The summed E-state index contributed by atoms with van der Waals surface area (Å²) in [5.74, 6) is -0.414. The van der Waals surface area contributed by atoms with Crippen molar-refractivity contribution >= 4 is 44.2 Å². The zero-order chi connectivity index (χ0) is 7.72. The minimum absolute atomic E-state index is 0.0619. The number of halogens is 3. The van der Waals surface area contributed by atoms with Crippen LogP contribution in [-0.4, -0.2) is 4.98 Å². The van der Waals surface area contributed by atoms with Gasteiger partial charge in [-0.15, -0.1) is 0 Å². The fourth-order valence-electron chi connectivity index (χ4n) is 0.459. The summed E-state index contributed by atoms with van der Waals surface area (Å²) < 4.78 is 13.6. The maximum Gasteiger partial charge on any atom is 0.163 e. The van der Waals surface area contributed by atoms with Gasteiger partial charge in [-0.05, 0) is 38.5 Å². The molecular weight excluding hydrogens is 314 g/mol. The van der Waals surface area contributed by atoms with E-state index in [1.54, 1.807) is 0 Å². The highest BCUT2D eigenvalue weighted by molar-refractivity contribution is 14.1. The molecule has 2 N–H and O–H groups in total. The molecule has 0 aliphatic rings. The molecule has 0 fully saturated rings. The second-order valence-corrected chi connectivity index (χ2v) is 3.54. The third-order valence-electron chi connectivity index (χ3n) is 0.960. The van der Waals surface area contributed by atoms with Crippen LogP contribution >= 0.6 is 38.5 Å². The van der Waals surface area contributed by atoms with Gasteiger partial charge in [0.25, 0.3) is 0 Å². The van der Waals surface area contributed by atoms with Gasteiger partial charge < -0.3 is 5.73 Å². The van der Waals surface area contributed by atoms with Gasteiger partial charge in [-0.25, -0.2) is 9.37 Å². The highest BCUT2D eigenvalue weighted by atomic mass is 127. The lowest BCUT2D eigenvalue weighted by Gasteiger charge is -1.98. The van der Waals surface area contributed by atoms with E-state index in [1.807, 2.05) is 22.6 Å². The Bertz CT molecular complexity index is 239. The first-order valence-electron chi connectivity index (χ1n) is 2.38. The second kappa shape index (κ2) is 3.00. The predicted molar refractivity (Wildman–Crippen MR) is 49.0 cm³/mol. The van der Waals surface area contributed by atoms with Crippen LogP contribution in [0.3, 0.4) is 0 Å². The number of hydrogen-bond donors (Lipinski definition) is 1. The van der Waals surface area contributed by atoms with Gasteiger partial charge in [0.05, 0.1) is 3.57 Å². The molecule has 0 aliphatic heterocycles. The van der Waals surface area contributed by atoms with E-state index >= 15 is 0 Å². The van der Waals surface area contributed by atoms with E-state index in [1.165, 1.54) is 6.20 Å². The summed E-state index contributed by atoms with van der Waals surface area (Å²) in [5.41, 5.74) is 5.36. The summed E-state index contributed by atoms with van der Waals surface area (Å²) >= 11 is 4.83. The van der Waals surface area contributed by atoms with Crippen LogP contribution in [-0.2, 0) is 0 Å². The van der Waals surface area contributed by atoms with Gasteiger partial charge in [-0.3, -0.25) is 0 Å². The van der Waals surface area contributed by atoms with Gasteiger partial charge in [0, 0.05) is 6.20 Å². The number of anilines is 1. The monoisotopic (exact) mass is 316 g/mol. The first-order chi connectivity index (χ1) is 4.63. The van der Waals surface area contributed by atoms with Crippen molar-refractivity contribution in [1.29, 1.82) is 0 Å². The normalized spacial score (nSPS) is 9.90. The summed E-state index contributed by atoms with van der Waals surface area (Å²) in [6.07, 6.45) is 1.41. The molecule has 0 saturated carbocycles. The molecule has 0 spiro atoms. The maximum atomic E-state index is 12.8. The molecular formula is C5H3BrFIN2. The molecule has 54 valence electrons. The quantitative estimate of drug-likeness (QED) is 0.588. The van der Waals surface area contributed by atoms with Crippen LogP contribution in [0.4, 0.5) is 10.1 Å². The molecule has 2 nitrogen and oxygen atoms in total. The van der Waals surface area contributed by atoms with Crippen LogP contribution in [0.5, 0.6) is 0 Å². The van der Waals surface area contributed by atoms with Crippen molar-refractivity contribution < 1.29 is 4.39 Å². The average molecular weight is 317 g/mol. The number of aromatic nitrogens is 1. The van der Waals surface area contributed by atoms with Crippen LogP contribution in [0, 0.1) is 9.39 Å². The second-order valence-electron chi connectivity index (χ2n) is 1.62. The first-order valence-corrected chi connectivity index (χ1v) is 4.25. The van der Waals surface area contributed by atoms with Crippen molar-refractivity contribution in [2.45, 2.75) is 0 Å². The summed E-state index contributed by atoms with van der Waals surface area (Å²) in [6.45, 7) is 0. The summed E-state index contributed by atoms with van der Waals surface area (Å²) in [7, 11) is 0. The van der Waals surface area contributed by atoms with E-state index in [0.29, 0.717) is 8.17 Å². The van der Waals surface area contributed by atoms with Crippen molar-refractivity contribution in [3.8, 4) is 0 Å². The number of hydrogen-bond acceptors (Lipinski definition) is 2. The van der Waals surface area contributed by atoms with Crippen molar-refractivity contribution in [2.75, 3.05) is 5.73 Å². The molecule has 0 amide bonds. The van der Waals surface area contributed by atoms with Crippen LogP contribution in [0.25, 0.3) is 0 Å². The topological polar surface area (TPSA) is 38.9 Å². The highest BCUT2D eigenvalue weighted by Gasteiger charge is 2.06. The molecule has 1 heterocycles. The standard InChI is InChI=1S/C5H3BrFIN2/c6-5-4(9)3(7)2(8)1-10-5/h1H,9H2. The third-order valence-corrected chi connectivity index (χ3v) is 2.34. The zero-order valence-corrected chi connectivity index (χ0v) is 8.48. The Kier molecular flexibility index (Phi) is 2.45. The van der Waals surface area contributed by atoms with E-state index in [2.05, 4.69) is 20.9 Å². The van der Waals surface area contributed by atoms with Crippen molar-refractivity contribution in [2.24, 2.45) is 0 Å². The van der Waals surface area contributed by atoms with E-state index in [4.69, 9.17) is 5.73 Å². The van der Waals surface area contributed by atoms with Crippen molar-refractivity contribution in [1.82, 2.24) is 4.98 Å². The number of rotatable bonds is 0. The molecule has 1 aromatic heterocycles. The number of nitrogens with zero attached hydrogens (tertiary/aromatic N) is 1. The molecule has 0 aromatic carbocycles. The molecule has 0 saturated heterocycles. The van der Waals surface area contributed by atoms with E-state index in [9.17, 15) is 4.39 Å². The minimum atomic E-state index is -0.414. The highest BCUT2D eigenvalue weighted by Crippen LogP contribution is 2.22. The van der Waals surface area contributed by atoms with Crippen LogP contribution in [0.15, 0.2) is 10.8 Å². The maximum absolute atomic E-state index is 12.8. The summed E-state index contributed by atoms with van der Waals surface area (Å²) in [4.78, 5) is 3.78. The van der Waals surface area contributed by atoms with Gasteiger partial charge in [0.1, 0.15) is 10.3 Å². The summed E-state index contributed by atoms with van der Waals surface area (Å²) in [6, 6.07) is 0. The summed E-state index contributed by atoms with van der Waals surface area (Å²) in [5, 5.41) is 0. The molecule has 0 bridgehead atoms. The molecule has 0 unspecified atom stereocenters.